The molecule has 4 heterocycles. The lowest BCUT2D eigenvalue weighted by atomic mass is 9.91. The molecule has 0 aliphatic carbocycles. The first-order valence-electron chi connectivity index (χ1n) is 12.5. The first-order chi connectivity index (χ1) is 18.7. The van der Waals surface area contributed by atoms with Crippen LogP contribution in [0.5, 0.6) is 11.5 Å². The molecule has 39 heavy (non-hydrogen) atoms. The second-order valence-corrected chi connectivity index (χ2v) is 9.86. The number of hydrogen-bond acceptors (Lipinski definition) is 8. The minimum Gasteiger partial charge on any atom is -0.493 e. The van der Waals surface area contributed by atoms with Gasteiger partial charge in [-0.3, -0.25) is 14.3 Å². The van der Waals surface area contributed by atoms with Crippen molar-refractivity contribution < 1.29 is 19.4 Å². The molecule has 4 aromatic rings. The van der Waals surface area contributed by atoms with Gasteiger partial charge in [0.1, 0.15) is 11.7 Å². The summed E-state index contributed by atoms with van der Waals surface area (Å²) in [6.45, 7) is 0.916. The Morgan fingerprint density at radius 3 is 2.49 bits per heavy atom. The first kappa shape index (κ1) is 26.2. The highest BCUT2D eigenvalue weighted by Crippen LogP contribution is 2.32. The van der Waals surface area contributed by atoms with E-state index in [0.29, 0.717) is 54.2 Å². The van der Waals surface area contributed by atoms with Crippen LogP contribution in [0.3, 0.4) is 0 Å². The topological polar surface area (TPSA) is 128 Å². The number of urea groups is 1. The number of piperidine rings is 1. The number of carbonyl (C=O) groups is 1. The lowest BCUT2D eigenvalue weighted by molar-refractivity contribution is -0.0282. The van der Waals surface area contributed by atoms with Gasteiger partial charge in [-0.1, -0.05) is 6.07 Å². The van der Waals surface area contributed by atoms with Crippen LogP contribution < -0.4 is 15.0 Å². The fraction of sp³-hybridized carbons (Fsp3) is 0.370. The Kier molecular flexibility index (Phi) is 6.96. The van der Waals surface area contributed by atoms with E-state index in [9.17, 15) is 14.7 Å². The Hall–Kier alpha value is -4.45. The number of rotatable bonds is 6. The number of carbonyl (C=O) groups excluding carboxylic acids is 1. The maximum atomic E-state index is 13.3. The van der Waals surface area contributed by atoms with E-state index in [1.807, 2.05) is 24.3 Å². The van der Waals surface area contributed by atoms with Crippen LogP contribution in [-0.2, 0) is 6.54 Å². The van der Waals surface area contributed by atoms with Gasteiger partial charge in [0.25, 0.3) is 5.56 Å². The number of aromatic nitrogens is 5. The number of likely N-dealkylation sites (tertiary alicyclic amines) is 1. The minimum atomic E-state index is -1.12. The van der Waals surface area contributed by atoms with Crippen molar-refractivity contribution in [1.29, 1.82) is 0 Å². The van der Waals surface area contributed by atoms with Crippen molar-refractivity contribution in [3.05, 3.63) is 59.5 Å². The summed E-state index contributed by atoms with van der Waals surface area (Å²) in [5, 5.41) is 15.9. The maximum Gasteiger partial charge on any atom is 0.319 e. The van der Waals surface area contributed by atoms with Crippen LogP contribution in [0.4, 0.5) is 4.79 Å². The molecule has 12 heteroatoms. The molecule has 0 saturated carbocycles. The van der Waals surface area contributed by atoms with Crippen LogP contribution >= 0.6 is 0 Å². The van der Waals surface area contributed by atoms with Crippen molar-refractivity contribution in [2.75, 3.05) is 41.4 Å². The van der Waals surface area contributed by atoms with Crippen LogP contribution in [-0.4, -0.2) is 92.3 Å². The highest BCUT2D eigenvalue weighted by Gasteiger charge is 2.35. The predicted octanol–water partition coefficient (Wildman–Crippen LogP) is 2.17. The average Bonchev–Trinajstić information content (AvgIpc) is 3.39. The molecule has 1 aliphatic heterocycles. The second kappa shape index (κ2) is 10.4. The van der Waals surface area contributed by atoms with Gasteiger partial charge >= 0.3 is 6.03 Å². The summed E-state index contributed by atoms with van der Waals surface area (Å²) in [4.78, 5) is 37.6. The molecule has 2 amide bonds. The van der Waals surface area contributed by atoms with Gasteiger partial charge in [0.15, 0.2) is 17.1 Å². The molecular formula is C27H31N7O5. The van der Waals surface area contributed by atoms with Gasteiger partial charge in [-0.25, -0.2) is 14.5 Å². The Labute approximate surface area is 225 Å². The zero-order valence-corrected chi connectivity index (χ0v) is 22.4. The highest BCUT2D eigenvalue weighted by molar-refractivity contribution is 5.76. The van der Waals surface area contributed by atoms with Crippen molar-refractivity contribution in [3.8, 4) is 28.3 Å². The van der Waals surface area contributed by atoms with Gasteiger partial charge in [0, 0.05) is 38.9 Å². The number of ether oxygens (including phenoxy) is 2. The molecule has 1 aliphatic rings. The van der Waals surface area contributed by atoms with E-state index in [2.05, 4.69) is 15.1 Å². The molecular weight excluding hydrogens is 502 g/mol. The summed E-state index contributed by atoms with van der Waals surface area (Å²) >= 11 is 0. The van der Waals surface area contributed by atoms with Crippen LogP contribution in [0.1, 0.15) is 12.8 Å². The maximum absolute atomic E-state index is 13.3. The van der Waals surface area contributed by atoms with E-state index < -0.39 is 5.60 Å². The predicted molar refractivity (Wildman–Crippen MR) is 144 cm³/mol. The summed E-state index contributed by atoms with van der Waals surface area (Å²) in [5.41, 5.74) is 1.32. The van der Waals surface area contributed by atoms with E-state index in [0.717, 1.165) is 11.1 Å². The van der Waals surface area contributed by atoms with Gasteiger partial charge in [0.05, 0.1) is 44.4 Å². The first-order valence-corrected chi connectivity index (χ1v) is 12.5. The summed E-state index contributed by atoms with van der Waals surface area (Å²) in [6.07, 6.45) is 7.02. The van der Waals surface area contributed by atoms with E-state index >= 15 is 0 Å². The third kappa shape index (κ3) is 5.02. The Morgan fingerprint density at radius 2 is 1.79 bits per heavy atom. The molecule has 0 bridgehead atoms. The molecule has 5 rings (SSSR count). The smallest absolute Gasteiger partial charge is 0.319 e. The quantitative estimate of drug-likeness (QED) is 0.400. The fourth-order valence-corrected chi connectivity index (χ4v) is 4.84. The second-order valence-electron chi connectivity index (χ2n) is 9.86. The van der Waals surface area contributed by atoms with Crippen molar-refractivity contribution in [1.82, 2.24) is 34.1 Å². The largest absolute Gasteiger partial charge is 0.493 e. The monoisotopic (exact) mass is 533 g/mol. The number of hydrogen-bond donors (Lipinski definition) is 1. The summed E-state index contributed by atoms with van der Waals surface area (Å²) in [5.74, 6) is 1.23. The molecule has 12 nitrogen and oxygen atoms in total. The average molecular weight is 534 g/mol. The third-order valence-corrected chi connectivity index (χ3v) is 7.05. The molecule has 1 N–H and O–H groups in total. The highest BCUT2D eigenvalue weighted by atomic mass is 16.5. The lowest BCUT2D eigenvalue weighted by Crippen LogP contribution is -2.51. The van der Waals surface area contributed by atoms with E-state index in [4.69, 9.17) is 9.47 Å². The molecule has 204 valence electrons. The number of pyridine rings is 1. The van der Waals surface area contributed by atoms with Crippen LogP contribution in [0, 0.1) is 0 Å². The number of methoxy groups -OCH3 is 2. The number of amides is 2. The van der Waals surface area contributed by atoms with E-state index in [1.54, 1.807) is 50.3 Å². The molecule has 0 atom stereocenters. The minimum absolute atomic E-state index is 0.0836. The van der Waals surface area contributed by atoms with Crippen LogP contribution in [0.15, 0.2) is 54.0 Å². The number of aliphatic hydroxyl groups is 1. The summed E-state index contributed by atoms with van der Waals surface area (Å²) in [7, 11) is 6.57. The van der Waals surface area contributed by atoms with Crippen molar-refractivity contribution in [3.63, 3.8) is 0 Å². The molecule has 1 saturated heterocycles. The van der Waals surface area contributed by atoms with Gasteiger partial charge in [-0.15, -0.1) is 0 Å². The van der Waals surface area contributed by atoms with Crippen molar-refractivity contribution in [2.45, 2.75) is 25.0 Å². The number of fused-ring (bicyclic) bond motifs is 1. The molecule has 1 aromatic carbocycles. The normalized spacial score (nSPS) is 14.8. The third-order valence-electron chi connectivity index (χ3n) is 7.05. The summed E-state index contributed by atoms with van der Waals surface area (Å²) in [6, 6.07) is 7.41. The molecule has 1 fully saturated rings. The molecule has 0 unspecified atom stereocenters. The molecule has 0 radical (unpaired) electrons. The zero-order valence-electron chi connectivity index (χ0n) is 22.4. The fourth-order valence-electron chi connectivity index (χ4n) is 4.84. The Balaban J connectivity index is 1.40. The summed E-state index contributed by atoms with van der Waals surface area (Å²) < 4.78 is 13.7. The molecule has 0 spiro atoms. The Bertz CT molecular complexity index is 1570. The number of benzene rings is 1. The standard InChI is InChI=1S/C27H31N7O5/c1-31(2)26(36)32-9-7-27(37,8-10-32)16-33-17-29-24-21(25(33)35)15-30-34(24)20-11-19(13-28-14-20)18-5-6-22(38-3)23(12-18)39-4/h5-6,11-15,17,37H,7-10,16H2,1-4H3. The van der Waals surface area contributed by atoms with Crippen LogP contribution in [0.25, 0.3) is 27.8 Å². The van der Waals surface area contributed by atoms with Gasteiger partial charge in [-0.05, 0) is 36.6 Å². The number of nitrogens with zero attached hydrogens (tertiary/aromatic N) is 7. The zero-order chi connectivity index (χ0) is 27.7. The van der Waals surface area contributed by atoms with Crippen molar-refractivity contribution in [2.24, 2.45) is 0 Å². The van der Waals surface area contributed by atoms with Crippen LogP contribution in [0.2, 0.25) is 0 Å². The van der Waals surface area contributed by atoms with Gasteiger partial charge in [0.2, 0.25) is 0 Å². The molecule has 3 aromatic heterocycles. The van der Waals surface area contributed by atoms with Crippen molar-refractivity contribution >= 4 is 17.1 Å². The van der Waals surface area contributed by atoms with E-state index in [1.165, 1.54) is 22.0 Å². The lowest BCUT2D eigenvalue weighted by Gasteiger charge is -2.39. The Morgan fingerprint density at radius 1 is 1.05 bits per heavy atom. The van der Waals surface area contributed by atoms with Gasteiger partial charge in [-0.2, -0.15) is 5.10 Å². The van der Waals surface area contributed by atoms with Gasteiger partial charge < -0.3 is 24.4 Å². The SMILES string of the molecule is COc1ccc(-c2cncc(-n3ncc4c(=O)n(CC5(O)CCN(C(=O)N(C)C)CC5)cnc43)c2)cc1OC. The van der Waals surface area contributed by atoms with E-state index in [-0.39, 0.29) is 18.1 Å².